The molecule has 17 unspecified atom stereocenters. The maximum atomic E-state index is 13.7. The van der Waals surface area contributed by atoms with Crippen molar-refractivity contribution in [3.8, 4) is 0 Å². The lowest BCUT2D eigenvalue weighted by Crippen LogP contribution is -2.64. The van der Waals surface area contributed by atoms with E-state index in [4.69, 9.17) is 51.3 Å². The summed E-state index contributed by atoms with van der Waals surface area (Å²) in [4.78, 5) is 139. The monoisotopic (exact) mass is 1740 g/mol. The first-order valence-electron chi connectivity index (χ1n) is 41.2. The molecule has 686 valence electrons. The molecule has 0 radical (unpaired) electrons. The molecule has 17 atom stereocenters. The van der Waals surface area contributed by atoms with Gasteiger partial charge in [0.1, 0.15) is 73.1 Å². The fourth-order valence-electron chi connectivity index (χ4n) is 13.0. The second kappa shape index (κ2) is 61.2. The number of rotatable bonds is 66. The Kier molecular flexibility index (Phi) is 55.5. The molecular formula is C74H137N9O33P2. The Morgan fingerprint density at radius 3 is 0.856 bits per heavy atom. The molecule has 0 spiro atoms. The van der Waals surface area contributed by atoms with Crippen molar-refractivity contribution in [2.75, 3.05) is 139 Å². The van der Waals surface area contributed by atoms with Gasteiger partial charge in [0.25, 0.3) is 0 Å². The maximum absolute atomic E-state index is 13.7. The summed E-state index contributed by atoms with van der Waals surface area (Å²) < 4.78 is 86.4. The number of aliphatic hydroxyl groups is 9. The third-order valence-corrected chi connectivity index (χ3v) is 21.5. The highest BCUT2D eigenvalue weighted by Gasteiger charge is 2.48. The first-order chi connectivity index (χ1) is 56.3. The molecule has 118 heavy (non-hydrogen) atoms. The first-order valence-corrected chi connectivity index (χ1v) is 44.2. The summed E-state index contributed by atoms with van der Waals surface area (Å²) in [7, 11) is -8.16. The number of ether oxygens (including phenoxy) is 7. The van der Waals surface area contributed by atoms with Gasteiger partial charge in [0, 0.05) is 145 Å². The van der Waals surface area contributed by atoms with Crippen molar-refractivity contribution < 1.29 is 159 Å². The summed E-state index contributed by atoms with van der Waals surface area (Å²) in [6, 6.07) is -3.19. The normalized spacial score (nSPS) is 24.2. The van der Waals surface area contributed by atoms with Gasteiger partial charge < -0.3 is 136 Å². The number of carbonyl (C=O) groups excluding carboxylic acids is 9. The van der Waals surface area contributed by atoms with Crippen LogP contribution in [0.5, 0.6) is 0 Å². The van der Waals surface area contributed by atoms with Gasteiger partial charge >= 0.3 is 15.6 Å². The Hall–Kier alpha value is -5.19. The zero-order valence-electron chi connectivity index (χ0n) is 69.1. The van der Waals surface area contributed by atoms with E-state index in [1.165, 1.54) is 42.6 Å². The van der Waals surface area contributed by atoms with Crippen molar-refractivity contribution in [3.63, 3.8) is 0 Å². The molecule has 42 nitrogen and oxygen atoms in total. The average Bonchev–Trinajstić information content (AvgIpc) is 0.818. The standard InChI is InChI=1S/C74H137N9O33P2/c1-6-34-81(60(93)28-16-7-19-31-75-57(90)25-13-10-22-40-107-72-63(78-51(2)87)69(99)66(96)54(48-84)114-72)36-44-110-117(102,103)112-46-38-83(62(95)30-18-9-21-33-77-59(92)27-15-12-24-42-109-74-65(80-53(4)89)71(101)68(98)56(50-86)116-74)39-47-113-118(104,105)111-45-37-82(35-43-106-5)61(94)29-17-8-20-32-76-58(91)26-14-11-23-41-108-73-64(79-52(3)88)70(100)67(97)55(49-85)115-73/h54-56,63-74,84-86,96-101H,6-50H2,1-5H3,(H,75,90)(H,76,91)(H,77,92)(H,78,87)(H,79,88)(H,80,89)(H,102,103)(H,104,105). The van der Waals surface area contributed by atoms with Crippen molar-refractivity contribution in [1.82, 2.24) is 46.6 Å². The summed E-state index contributed by atoms with van der Waals surface area (Å²) in [6.07, 6.45) is -4.23. The molecule has 0 bridgehead atoms. The van der Waals surface area contributed by atoms with Crippen LogP contribution in [0.4, 0.5) is 0 Å². The van der Waals surface area contributed by atoms with E-state index in [1.807, 2.05) is 6.92 Å². The number of aliphatic hydroxyl groups excluding tert-OH is 9. The van der Waals surface area contributed by atoms with Crippen molar-refractivity contribution in [3.05, 3.63) is 0 Å². The van der Waals surface area contributed by atoms with E-state index < -0.39 is 171 Å². The minimum Gasteiger partial charge on any atom is -0.394 e. The Morgan fingerprint density at radius 1 is 0.347 bits per heavy atom. The summed E-state index contributed by atoms with van der Waals surface area (Å²) in [6.45, 7) is 3.27. The van der Waals surface area contributed by atoms with Gasteiger partial charge in [-0.2, -0.15) is 0 Å². The molecule has 0 saturated carbocycles. The smallest absolute Gasteiger partial charge is 0.394 e. The number of nitrogens with one attached hydrogen (secondary N) is 6. The van der Waals surface area contributed by atoms with E-state index in [2.05, 4.69) is 31.9 Å². The lowest BCUT2D eigenvalue weighted by Gasteiger charge is -2.42. The fourth-order valence-corrected chi connectivity index (χ4v) is 14.4. The number of amides is 9. The molecule has 44 heteroatoms. The molecule has 17 N–H and O–H groups in total. The summed E-state index contributed by atoms with van der Waals surface area (Å²) in [5.41, 5.74) is 0. The van der Waals surface area contributed by atoms with Crippen LogP contribution in [0, 0.1) is 0 Å². The lowest BCUT2D eigenvalue weighted by molar-refractivity contribution is -0.270. The maximum Gasteiger partial charge on any atom is 0.472 e. The van der Waals surface area contributed by atoms with Crippen LogP contribution in [0.25, 0.3) is 0 Å². The van der Waals surface area contributed by atoms with E-state index in [-0.39, 0.29) is 134 Å². The largest absolute Gasteiger partial charge is 0.472 e. The van der Waals surface area contributed by atoms with Crippen molar-refractivity contribution in [2.24, 2.45) is 0 Å². The van der Waals surface area contributed by atoms with E-state index in [9.17, 15) is 108 Å². The van der Waals surface area contributed by atoms with E-state index in [1.54, 1.807) is 0 Å². The van der Waals surface area contributed by atoms with E-state index in [0.717, 1.165) is 0 Å². The molecule has 3 aliphatic heterocycles. The quantitative estimate of drug-likeness (QED) is 0.0241. The Balaban J connectivity index is 1.44. The van der Waals surface area contributed by atoms with E-state index in [0.29, 0.717) is 148 Å². The van der Waals surface area contributed by atoms with Crippen LogP contribution < -0.4 is 31.9 Å². The molecular weight excluding hydrogens is 1600 g/mol. The topological polar surface area (TPSA) is 594 Å². The number of hydrogen-bond donors (Lipinski definition) is 17. The highest BCUT2D eigenvalue weighted by Crippen LogP contribution is 2.44. The molecule has 0 aromatic heterocycles. The van der Waals surface area contributed by atoms with Gasteiger partial charge in [-0.25, -0.2) is 9.13 Å². The van der Waals surface area contributed by atoms with Gasteiger partial charge in [-0.05, 0) is 83.5 Å². The number of methoxy groups -OCH3 is 1. The molecule has 3 heterocycles. The van der Waals surface area contributed by atoms with Crippen LogP contribution in [0.15, 0.2) is 0 Å². The number of phosphoric ester groups is 2. The summed E-state index contributed by atoms with van der Waals surface area (Å²) >= 11 is 0. The van der Waals surface area contributed by atoms with Crippen molar-refractivity contribution in [1.29, 1.82) is 0 Å². The van der Waals surface area contributed by atoms with Gasteiger partial charge in [-0.1, -0.05) is 45.4 Å². The Morgan fingerprint density at radius 2 is 0.602 bits per heavy atom. The van der Waals surface area contributed by atoms with Gasteiger partial charge in [-0.15, -0.1) is 0 Å². The number of carbonyl (C=O) groups is 9. The van der Waals surface area contributed by atoms with Crippen LogP contribution in [-0.2, 0) is 104 Å². The van der Waals surface area contributed by atoms with Crippen LogP contribution in [-0.4, -0.2) is 354 Å². The molecule has 0 aromatic carbocycles. The molecule has 3 fully saturated rings. The highest BCUT2D eigenvalue weighted by molar-refractivity contribution is 7.47. The Bertz CT molecular complexity index is 2980. The third kappa shape index (κ3) is 44.2. The second-order valence-electron chi connectivity index (χ2n) is 29.2. The predicted octanol–water partition coefficient (Wildman–Crippen LogP) is -1.61. The lowest BCUT2D eigenvalue weighted by atomic mass is 9.97. The zero-order chi connectivity index (χ0) is 87.4. The summed E-state index contributed by atoms with van der Waals surface area (Å²) in [5.74, 6) is -2.94. The minimum atomic E-state index is -4.82. The minimum absolute atomic E-state index is 0.0487. The molecule has 3 rings (SSSR count). The van der Waals surface area contributed by atoms with Crippen molar-refractivity contribution in [2.45, 2.75) is 280 Å². The number of unbranched alkanes of at least 4 members (excludes halogenated alkanes) is 12. The molecule has 0 aromatic rings. The van der Waals surface area contributed by atoms with Gasteiger partial charge in [0.15, 0.2) is 18.9 Å². The number of hydrogen-bond acceptors (Lipinski definition) is 31. The zero-order valence-corrected chi connectivity index (χ0v) is 70.9. The van der Waals surface area contributed by atoms with E-state index >= 15 is 0 Å². The van der Waals surface area contributed by atoms with Crippen LogP contribution in [0.2, 0.25) is 0 Å². The second-order valence-corrected chi connectivity index (χ2v) is 32.1. The summed E-state index contributed by atoms with van der Waals surface area (Å²) in [5, 5.41) is 107. The van der Waals surface area contributed by atoms with Crippen LogP contribution in [0.3, 0.4) is 0 Å². The van der Waals surface area contributed by atoms with Gasteiger partial charge in [0.2, 0.25) is 53.2 Å². The highest BCUT2D eigenvalue weighted by atomic mass is 31.2. The molecule has 3 aliphatic rings. The predicted molar refractivity (Wildman–Crippen MR) is 419 cm³/mol. The number of nitrogens with zero attached hydrogens (tertiary/aromatic N) is 3. The fraction of sp³-hybridized carbons (Fsp3) is 0.878. The van der Waals surface area contributed by atoms with Crippen molar-refractivity contribution >= 4 is 68.8 Å². The first kappa shape index (κ1) is 107. The SMILES string of the molecule is CCCN(CCOP(=O)(O)OCCN(CCOP(=O)(O)OCCN(CCOC)C(=O)CCCCCNC(=O)CCCCCOC1OC(CO)C(O)C(O)C1NC(C)=O)C(=O)CCCCCNC(=O)CCCCCOC1OC(CO)C(O)C(O)C1NC(C)=O)C(=O)CCCCCNC(=O)CCCCCOC1OC(CO)C(O)C(O)C1NC(C)=O. The third-order valence-electron chi connectivity index (χ3n) is 19.5. The molecule has 9 amide bonds. The molecule has 3 saturated heterocycles. The average molecular weight is 1740 g/mol. The van der Waals surface area contributed by atoms with Gasteiger partial charge in [-0.3, -0.25) is 61.2 Å². The van der Waals surface area contributed by atoms with Crippen LogP contribution >= 0.6 is 15.6 Å². The van der Waals surface area contributed by atoms with Crippen LogP contribution in [0.1, 0.15) is 188 Å². The van der Waals surface area contributed by atoms with Gasteiger partial charge in [0.05, 0.1) is 52.9 Å². The number of phosphoric acid groups is 2. The molecule has 0 aliphatic carbocycles. The Labute approximate surface area is 690 Å².